The highest BCUT2D eigenvalue weighted by atomic mass is 35.5. The number of carbonyl (C=O) groups is 1. The van der Waals surface area contributed by atoms with E-state index in [0.717, 1.165) is 25.0 Å². The lowest BCUT2D eigenvalue weighted by Crippen LogP contribution is -2.39. The van der Waals surface area contributed by atoms with E-state index >= 15 is 0 Å². The van der Waals surface area contributed by atoms with Gasteiger partial charge in [-0.15, -0.1) is 0 Å². The Labute approximate surface area is 124 Å². The van der Waals surface area contributed by atoms with Crippen LogP contribution in [0.1, 0.15) is 25.3 Å². The molecule has 2 amide bonds. The third-order valence-corrected chi connectivity index (χ3v) is 3.72. The summed E-state index contributed by atoms with van der Waals surface area (Å²) < 4.78 is 5.49. The molecule has 0 radical (unpaired) electrons. The lowest BCUT2D eigenvalue weighted by atomic mass is 9.96. The Kier molecular flexibility index (Phi) is 5.68. The van der Waals surface area contributed by atoms with Crippen molar-refractivity contribution >= 4 is 17.6 Å². The molecule has 0 aliphatic carbocycles. The summed E-state index contributed by atoms with van der Waals surface area (Å²) in [5, 5.41) is 6.44. The molecule has 1 heterocycles. The van der Waals surface area contributed by atoms with Crippen molar-refractivity contribution in [2.24, 2.45) is 5.92 Å². The van der Waals surface area contributed by atoms with Crippen LogP contribution in [0.5, 0.6) is 0 Å². The van der Waals surface area contributed by atoms with Gasteiger partial charge in [0.15, 0.2) is 0 Å². The molecule has 1 fully saturated rings. The van der Waals surface area contributed by atoms with Gasteiger partial charge in [0, 0.05) is 24.7 Å². The van der Waals surface area contributed by atoms with E-state index in [-0.39, 0.29) is 6.03 Å². The molecule has 0 unspecified atom stereocenters. The van der Waals surface area contributed by atoms with Gasteiger partial charge in [-0.25, -0.2) is 4.79 Å². The molecule has 1 aliphatic rings. The molecular formula is C15H21ClN2O2. The predicted octanol–water partition coefficient (Wildman–Crippen LogP) is 2.95. The Hall–Kier alpha value is -1.26. The van der Waals surface area contributed by atoms with Gasteiger partial charge in [-0.2, -0.15) is 0 Å². The number of hydrogen-bond acceptors (Lipinski definition) is 2. The fraction of sp³-hybridized carbons (Fsp3) is 0.533. The molecule has 1 aromatic rings. The van der Waals surface area contributed by atoms with Crippen LogP contribution in [0.15, 0.2) is 24.3 Å². The number of urea groups is 1. The normalized spacial score (nSPS) is 22.3. The smallest absolute Gasteiger partial charge is 0.315 e. The lowest BCUT2D eigenvalue weighted by molar-refractivity contribution is 0.00346. The Balaban J connectivity index is 1.67. The van der Waals surface area contributed by atoms with Gasteiger partial charge >= 0.3 is 6.03 Å². The second-order valence-electron chi connectivity index (χ2n) is 5.27. The van der Waals surface area contributed by atoms with Crippen LogP contribution in [0.25, 0.3) is 0 Å². The summed E-state index contributed by atoms with van der Waals surface area (Å²) in [6.07, 6.45) is 2.32. The van der Waals surface area contributed by atoms with Crippen LogP contribution < -0.4 is 10.6 Å². The molecule has 1 aromatic carbocycles. The van der Waals surface area contributed by atoms with Crippen LogP contribution in [-0.2, 0) is 11.3 Å². The molecule has 5 heteroatoms. The van der Waals surface area contributed by atoms with E-state index in [0.29, 0.717) is 30.1 Å². The third kappa shape index (κ3) is 5.02. The summed E-state index contributed by atoms with van der Waals surface area (Å²) in [5.41, 5.74) is 0.993. The maximum absolute atomic E-state index is 11.7. The maximum atomic E-state index is 11.7. The zero-order chi connectivity index (χ0) is 14.4. The summed E-state index contributed by atoms with van der Waals surface area (Å²) >= 11 is 5.90. The first-order valence-corrected chi connectivity index (χ1v) is 7.39. The summed E-state index contributed by atoms with van der Waals surface area (Å²) in [4.78, 5) is 11.7. The predicted molar refractivity (Wildman–Crippen MR) is 79.8 cm³/mol. The van der Waals surface area contributed by atoms with Crippen molar-refractivity contribution in [3.05, 3.63) is 34.9 Å². The highest BCUT2D eigenvalue weighted by molar-refractivity contribution is 6.30. The fourth-order valence-corrected chi connectivity index (χ4v) is 2.62. The van der Waals surface area contributed by atoms with E-state index in [2.05, 4.69) is 17.6 Å². The highest BCUT2D eigenvalue weighted by Crippen LogP contribution is 2.18. The number of benzene rings is 1. The van der Waals surface area contributed by atoms with Gasteiger partial charge < -0.3 is 15.4 Å². The molecule has 0 saturated carbocycles. The molecule has 0 spiro atoms. The first-order valence-electron chi connectivity index (χ1n) is 7.01. The number of nitrogens with one attached hydrogen (secondary N) is 2. The van der Waals surface area contributed by atoms with Crippen LogP contribution in [0, 0.1) is 5.92 Å². The zero-order valence-corrected chi connectivity index (χ0v) is 12.5. The molecule has 2 atom stereocenters. The van der Waals surface area contributed by atoms with Crippen LogP contribution >= 0.6 is 11.6 Å². The Morgan fingerprint density at radius 2 is 2.30 bits per heavy atom. The number of ether oxygens (including phenoxy) is 1. The molecule has 4 nitrogen and oxygen atoms in total. The van der Waals surface area contributed by atoms with Crippen molar-refractivity contribution in [1.29, 1.82) is 0 Å². The number of carbonyl (C=O) groups excluding carboxylic acids is 1. The minimum Gasteiger partial charge on any atom is -0.378 e. The Morgan fingerprint density at radius 3 is 3.05 bits per heavy atom. The van der Waals surface area contributed by atoms with Crippen molar-refractivity contribution in [2.75, 3.05) is 13.2 Å². The number of halogens is 1. The van der Waals surface area contributed by atoms with Crippen LogP contribution in [0.4, 0.5) is 4.79 Å². The van der Waals surface area contributed by atoms with Gasteiger partial charge in [-0.05, 0) is 43.4 Å². The minimum absolute atomic E-state index is 0.135. The van der Waals surface area contributed by atoms with Crippen molar-refractivity contribution < 1.29 is 9.53 Å². The van der Waals surface area contributed by atoms with Crippen LogP contribution in [0.3, 0.4) is 0 Å². The first-order chi connectivity index (χ1) is 9.63. The SMILES string of the molecule is C[C@H]1C[C@@H](CNC(=O)NCc2cccc(Cl)c2)CCO1. The maximum Gasteiger partial charge on any atom is 0.315 e. The Bertz CT molecular complexity index is 453. The second-order valence-corrected chi connectivity index (χ2v) is 5.70. The van der Waals surface area contributed by atoms with E-state index in [9.17, 15) is 4.79 Å². The van der Waals surface area contributed by atoms with Gasteiger partial charge in [0.1, 0.15) is 0 Å². The Morgan fingerprint density at radius 1 is 1.45 bits per heavy atom. The topological polar surface area (TPSA) is 50.4 Å². The van der Waals surface area contributed by atoms with E-state index in [1.54, 1.807) is 0 Å². The minimum atomic E-state index is -0.135. The largest absolute Gasteiger partial charge is 0.378 e. The van der Waals surface area contributed by atoms with E-state index in [1.165, 1.54) is 0 Å². The van der Waals surface area contributed by atoms with Crippen molar-refractivity contribution in [2.45, 2.75) is 32.4 Å². The molecule has 0 aromatic heterocycles. The molecular weight excluding hydrogens is 276 g/mol. The van der Waals surface area contributed by atoms with Crippen molar-refractivity contribution in [3.8, 4) is 0 Å². The van der Waals surface area contributed by atoms with Crippen LogP contribution in [0.2, 0.25) is 5.02 Å². The first kappa shape index (κ1) is 15.1. The van der Waals surface area contributed by atoms with Gasteiger partial charge in [-0.1, -0.05) is 23.7 Å². The van der Waals surface area contributed by atoms with Gasteiger partial charge in [0.25, 0.3) is 0 Å². The molecule has 2 N–H and O–H groups in total. The average molecular weight is 297 g/mol. The molecule has 1 aliphatic heterocycles. The zero-order valence-electron chi connectivity index (χ0n) is 11.7. The lowest BCUT2D eigenvalue weighted by Gasteiger charge is -2.27. The number of hydrogen-bond donors (Lipinski definition) is 2. The average Bonchev–Trinajstić information content (AvgIpc) is 2.43. The van der Waals surface area contributed by atoms with Crippen LogP contribution in [-0.4, -0.2) is 25.3 Å². The summed E-state index contributed by atoms with van der Waals surface area (Å²) in [5.74, 6) is 0.510. The monoisotopic (exact) mass is 296 g/mol. The molecule has 2 rings (SSSR count). The van der Waals surface area contributed by atoms with E-state index in [4.69, 9.17) is 16.3 Å². The van der Waals surface area contributed by atoms with E-state index < -0.39 is 0 Å². The summed E-state index contributed by atoms with van der Waals surface area (Å²) in [6.45, 7) is 4.05. The number of rotatable bonds is 4. The third-order valence-electron chi connectivity index (χ3n) is 3.49. The molecule has 20 heavy (non-hydrogen) atoms. The summed E-state index contributed by atoms with van der Waals surface area (Å²) in [7, 11) is 0. The van der Waals surface area contributed by atoms with Gasteiger partial charge in [0.05, 0.1) is 6.10 Å². The standard InChI is InChI=1S/C15H21ClN2O2/c1-11-7-13(5-6-20-11)10-18-15(19)17-9-12-3-2-4-14(16)8-12/h2-4,8,11,13H,5-7,9-10H2,1H3,(H2,17,18,19)/t11-,13-/m0/s1. The summed E-state index contributed by atoms with van der Waals surface area (Å²) in [6, 6.07) is 7.34. The van der Waals surface area contributed by atoms with Crippen molar-refractivity contribution in [3.63, 3.8) is 0 Å². The molecule has 110 valence electrons. The van der Waals surface area contributed by atoms with Gasteiger partial charge in [0.2, 0.25) is 0 Å². The van der Waals surface area contributed by atoms with E-state index in [1.807, 2.05) is 24.3 Å². The van der Waals surface area contributed by atoms with Crippen molar-refractivity contribution in [1.82, 2.24) is 10.6 Å². The quantitative estimate of drug-likeness (QED) is 0.897. The second kappa shape index (κ2) is 7.50. The number of amides is 2. The molecule has 1 saturated heterocycles. The van der Waals surface area contributed by atoms with Gasteiger partial charge in [-0.3, -0.25) is 0 Å². The highest BCUT2D eigenvalue weighted by Gasteiger charge is 2.19. The molecule has 0 bridgehead atoms. The fourth-order valence-electron chi connectivity index (χ4n) is 2.41.